The zero-order valence-electron chi connectivity index (χ0n) is 12.9. The lowest BCUT2D eigenvalue weighted by molar-refractivity contribution is -0.0616. The minimum atomic E-state index is 0.00879. The largest absolute Gasteiger partial charge is 0.370 e. The fraction of sp³-hybridized carbons (Fsp3) is 0.941. The Morgan fingerprint density at radius 2 is 1.81 bits per heavy atom. The van der Waals surface area contributed by atoms with Crippen LogP contribution in [-0.2, 0) is 4.74 Å². The van der Waals surface area contributed by atoms with Gasteiger partial charge in [-0.3, -0.25) is 0 Å². The molecule has 2 N–H and O–H groups in total. The highest BCUT2D eigenvalue weighted by Crippen LogP contribution is 2.51. The van der Waals surface area contributed by atoms with Gasteiger partial charge in [-0.1, -0.05) is 19.3 Å². The van der Waals surface area contributed by atoms with Crippen LogP contribution in [-0.4, -0.2) is 30.3 Å². The molecule has 4 aliphatic rings. The van der Waals surface area contributed by atoms with E-state index in [9.17, 15) is 4.79 Å². The Labute approximate surface area is 127 Å². The van der Waals surface area contributed by atoms with Gasteiger partial charge in [0.2, 0.25) is 0 Å². The van der Waals surface area contributed by atoms with Gasteiger partial charge in [-0.15, -0.1) is 0 Å². The summed E-state index contributed by atoms with van der Waals surface area (Å²) in [4.78, 5) is 12.0. The number of rotatable bonds is 3. The molecular weight excluding hydrogens is 264 g/mol. The zero-order chi connectivity index (χ0) is 14.3. The van der Waals surface area contributed by atoms with Crippen LogP contribution in [0.25, 0.3) is 0 Å². The van der Waals surface area contributed by atoms with E-state index in [1.165, 1.54) is 57.8 Å². The molecule has 4 rings (SSSR count). The van der Waals surface area contributed by atoms with Gasteiger partial charge in [-0.2, -0.15) is 0 Å². The SMILES string of the molecule is O=C(NCC1CCC2(CCCCC2)O1)NC1CC2CC2C1. The summed E-state index contributed by atoms with van der Waals surface area (Å²) in [6.45, 7) is 0.674. The van der Waals surface area contributed by atoms with Crippen molar-refractivity contribution in [1.82, 2.24) is 10.6 Å². The average molecular weight is 292 g/mol. The van der Waals surface area contributed by atoms with Crippen molar-refractivity contribution in [3.63, 3.8) is 0 Å². The average Bonchev–Trinajstić information content (AvgIpc) is 2.92. The molecule has 4 fully saturated rings. The van der Waals surface area contributed by atoms with E-state index in [0.717, 1.165) is 18.3 Å². The Kier molecular flexibility index (Phi) is 3.60. The Hall–Kier alpha value is -0.770. The van der Waals surface area contributed by atoms with Crippen LogP contribution in [0.5, 0.6) is 0 Å². The van der Waals surface area contributed by atoms with Crippen LogP contribution >= 0.6 is 0 Å². The number of fused-ring (bicyclic) bond motifs is 1. The number of nitrogens with one attached hydrogen (secondary N) is 2. The highest BCUT2D eigenvalue weighted by Gasteiger charge is 2.46. The molecule has 0 radical (unpaired) electrons. The first-order valence-electron chi connectivity index (χ1n) is 8.95. The van der Waals surface area contributed by atoms with Gasteiger partial charge in [-0.05, 0) is 56.8 Å². The maximum absolute atomic E-state index is 12.0. The number of carbonyl (C=O) groups excluding carboxylic acids is 1. The van der Waals surface area contributed by atoms with Crippen LogP contribution in [0.3, 0.4) is 0 Å². The molecule has 0 bridgehead atoms. The Morgan fingerprint density at radius 3 is 2.57 bits per heavy atom. The lowest BCUT2D eigenvalue weighted by Gasteiger charge is -2.33. The number of urea groups is 1. The number of amides is 2. The third-order valence-electron chi connectivity index (χ3n) is 6.17. The molecule has 1 spiro atoms. The van der Waals surface area contributed by atoms with Crippen molar-refractivity contribution in [3.8, 4) is 0 Å². The highest BCUT2D eigenvalue weighted by molar-refractivity contribution is 5.74. The molecule has 3 atom stereocenters. The second-order valence-electron chi connectivity index (χ2n) is 7.80. The van der Waals surface area contributed by atoms with Crippen LogP contribution in [0.15, 0.2) is 0 Å². The van der Waals surface area contributed by atoms with Crippen molar-refractivity contribution >= 4 is 6.03 Å². The van der Waals surface area contributed by atoms with E-state index in [4.69, 9.17) is 4.74 Å². The summed E-state index contributed by atoms with van der Waals surface area (Å²) in [5.41, 5.74) is 0.161. The van der Waals surface area contributed by atoms with E-state index >= 15 is 0 Å². The normalized spacial score (nSPS) is 40.0. The van der Waals surface area contributed by atoms with Crippen molar-refractivity contribution in [2.45, 2.75) is 82.0 Å². The number of hydrogen-bond donors (Lipinski definition) is 2. The minimum Gasteiger partial charge on any atom is -0.370 e. The lowest BCUT2D eigenvalue weighted by atomic mass is 9.83. The molecular formula is C17H28N2O2. The first kappa shape index (κ1) is 13.9. The van der Waals surface area contributed by atoms with Crippen LogP contribution in [0, 0.1) is 11.8 Å². The van der Waals surface area contributed by atoms with Crippen molar-refractivity contribution in [2.24, 2.45) is 11.8 Å². The second kappa shape index (κ2) is 5.45. The van der Waals surface area contributed by atoms with Gasteiger partial charge < -0.3 is 15.4 Å². The van der Waals surface area contributed by atoms with Crippen molar-refractivity contribution < 1.29 is 9.53 Å². The summed E-state index contributed by atoms with van der Waals surface area (Å²) < 4.78 is 6.29. The molecule has 3 aliphatic carbocycles. The van der Waals surface area contributed by atoms with E-state index in [0.29, 0.717) is 12.6 Å². The Balaban J connectivity index is 1.18. The maximum Gasteiger partial charge on any atom is 0.315 e. The molecule has 1 saturated heterocycles. The molecule has 2 amide bonds. The minimum absolute atomic E-state index is 0.00879. The molecule has 118 valence electrons. The molecule has 0 aromatic rings. The quantitative estimate of drug-likeness (QED) is 0.840. The summed E-state index contributed by atoms with van der Waals surface area (Å²) in [5.74, 6) is 1.83. The summed E-state index contributed by atoms with van der Waals surface area (Å²) in [7, 11) is 0. The van der Waals surface area contributed by atoms with Crippen molar-refractivity contribution in [3.05, 3.63) is 0 Å². The number of carbonyl (C=O) groups is 1. The van der Waals surface area contributed by atoms with Gasteiger partial charge in [0.05, 0.1) is 11.7 Å². The maximum atomic E-state index is 12.0. The third-order valence-corrected chi connectivity index (χ3v) is 6.17. The molecule has 3 unspecified atom stereocenters. The van der Waals surface area contributed by atoms with Gasteiger partial charge >= 0.3 is 6.03 Å². The molecule has 21 heavy (non-hydrogen) atoms. The topological polar surface area (TPSA) is 50.4 Å². The highest BCUT2D eigenvalue weighted by atomic mass is 16.5. The second-order valence-corrected chi connectivity index (χ2v) is 7.80. The Morgan fingerprint density at radius 1 is 1.05 bits per heavy atom. The van der Waals surface area contributed by atoms with E-state index < -0.39 is 0 Å². The van der Waals surface area contributed by atoms with E-state index in [-0.39, 0.29) is 17.7 Å². The molecule has 0 aromatic carbocycles. The third kappa shape index (κ3) is 3.05. The number of hydrogen-bond acceptors (Lipinski definition) is 2. The first-order chi connectivity index (χ1) is 10.2. The smallest absolute Gasteiger partial charge is 0.315 e. The monoisotopic (exact) mass is 292 g/mol. The molecule has 1 heterocycles. The van der Waals surface area contributed by atoms with E-state index in [2.05, 4.69) is 10.6 Å². The van der Waals surface area contributed by atoms with Crippen LogP contribution in [0.2, 0.25) is 0 Å². The van der Waals surface area contributed by atoms with Gasteiger partial charge in [0.1, 0.15) is 0 Å². The van der Waals surface area contributed by atoms with Crippen LogP contribution in [0.1, 0.15) is 64.2 Å². The molecule has 4 nitrogen and oxygen atoms in total. The van der Waals surface area contributed by atoms with Crippen LogP contribution in [0.4, 0.5) is 4.79 Å². The fourth-order valence-corrected chi connectivity index (χ4v) is 4.88. The van der Waals surface area contributed by atoms with E-state index in [1.54, 1.807) is 0 Å². The summed E-state index contributed by atoms with van der Waals surface area (Å²) >= 11 is 0. The number of ether oxygens (including phenoxy) is 1. The predicted molar refractivity (Wildman–Crippen MR) is 81.1 cm³/mol. The lowest BCUT2D eigenvalue weighted by Crippen LogP contribution is -2.44. The summed E-state index contributed by atoms with van der Waals surface area (Å²) in [6.07, 6.45) is 12.7. The van der Waals surface area contributed by atoms with E-state index in [1.807, 2.05) is 0 Å². The molecule has 0 aromatic heterocycles. The Bertz CT molecular complexity index is 396. The summed E-state index contributed by atoms with van der Waals surface area (Å²) in [6, 6.07) is 0.428. The first-order valence-corrected chi connectivity index (χ1v) is 8.95. The van der Waals surface area contributed by atoms with Crippen LogP contribution < -0.4 is 10.6 Å². The van der Waals surface area contributed by atoms with Gasteiger partial charge in [0, 0.05) is 12.6 Å². The fourth-order valence-electron chi connectivity index (χ4n) is 4.88. The predicted octanol–water partition coefficient (Wildman–Crippen LogP) is 2.97. The molecule has 4 heteroatoms. The zero-order valence-corrected chi connectivity index (χ0v) is 12.9. The van der Waals surface area contributed by atoms with Gasteiger partial charge in [0.25, 0.3) is 0 Å². The molecule has 1 aliphatic heterocycles. The molecule has 3 saturated carbocycles. The summed E-state index contributed by atoms with van der Waals surface area (Å²) in [5, 5.41) is 6.16. The standard InChI is InChI=1S/C17H28N2O2/c20-16(19-14-9-12-8-13(12)10-14)18-11-15-4-7-17(21-15)5-2-1-3-6-17/h12-15H,1-11H2,(H2,18,19,20). The van der Waals surface area contributed by atoms with Crippen molar-refractivity contribution in [1.29, 1.82) is 0 Å². The van der Waals surface area contributed by atoms with Gasteiger partial charge in [-0.25, -0.2) is 4.79 Å². The van der Waals surface area contributed by atoms with Gasteiger partial charge in [0.15, 0.2) is 0 Å². The van der Waals surface area contributed by atoms with Crippen molar-refractivity contribution in [2.75, 3.05) is 6.54 Å².